The van der Waals surface area contributed by atoms with E-state index in [9.17, 15) is 13.6 Å². The van der Waals surface area contributed by atoms with Crippen LogP contribution in [-0.4, -0.2) is 23.5 Å². The lowest BCUT2D eigenvalue weighted by atomic mass is 10.1. The van der Waals surface area contributed by atoms with Gasteiger partial charge in [0.2, 0.25) is 0 Å². The van der Waals surface area contributed by atoms with Crippen molar-refractivity contribution in [3.8, 4) is 0 Å². The van der Waals surface area contributed by atoms with Crippen LogP contribution in [0.4, 0.5) is 8.78 Å². The van der Waals surface area contributed by atoms with E-state index in [1.54, 1.807) is 6.92 Å². The lowest BCUT2D eigenvalue weighted by Gasteiger charge is -2.29. The molecular weight excluding hydrogens is 288 g/mol. The van der Waals surface area contributed by atoms with Crippen molar-refractivity contribution < 1.29 is 18.3 Å². The summed E-state index contributed by atoms with van der Waals surface area (Å²) in [7, 11) is 0. The number of halogens is 3. The Labute approximate surface area is 120 Å². The van der Waals surface area contributed by atoms with Gasteiger partial charge in [-0.25, -0.2) is 4.79 Å². The second kappa shape index (κ2) is 5.89. The summed E-state index contributed by atoms with van der Waals surface area (Å²) in [5.74, 6) is -0.643. The minimum absolute atomic E-state index is 0.362. The zero-order valence-corrected chi connectivity index (χ0v) is 11.5. The molecule has 1 N–H and O–H groups in total. The SMILES string of the molecule is C[C@H](N[C@H]([C@H]1C=CC(=O)O1)C(F)(F)Cl)c1ccccc1. The second-order valence-corrected chi connectivity index (χ2v) is 5.08. The van der Waals surface area contributed by atoms with Crippen LogP contribution >= 0.6 is 11.6 Å². The first-order chi connectivity index (χ1) is 9.38. The van der Waals surface area contributed by atoms with Crippen molar-refractivity contribution in [1.82, 2.24) is 5.32 Å². The van der Waals surface area contributed by atoms with Gasteiger partial charge in [-0.15, -0.1) is 0 Å². The van der Waals surface area contributed by atoms with Crippen LogP contribution in [0.2, 0.25) is 0 Å². The van der Waals surface area contributed by atoms with Gasteiger partial charge in [0.05, 0.1) is 0 Å². The van der Waals surface area contributed by atoms with E-state index in [0.717, 1.165) is 11.6 Å². The highest BCUT2D eigenvalue weighted by atomic mass is 35.5. The summed E-state index contributed by atoms with van der Waals surface area (Å²) < 4.78 is 31.8. The van der Waals surface area contributed by atoms with Crippen LogP contribution in [-0.2, 0) is 9.53 Å². The van der Waals surface area contributed by atoms with Crippen molar-refractivity contribution in [2.45, 2.75) is 30.5 Å². The molecule has 0 saturated heterocycles. The lowest BCUT2D eigenvalue weighted by Crippen LogP contribution is -2.50. The van der Waals surface area contributed by atoms with E-state index >= 15 is 0 Å². The third kappa shape index (κ3) is 3.55. The number of hydrogen-bond acceptors (Lipinski definition) is 3. The first-order valence-corrected chi connectivity index (χ1v) is 6.52. The Bertz CT molecular complexity index is 502. The first kappa shape index (κ1) is 14.9. The molecule has 6 heteroatoms. The summed E-state index contributed by atoms with van der Waals surface area (Å²) in [5.41, 5.74) is 0.840. The summed E-state index contributed by atoms with van der Waals surface area (Å²) in [4.78, 5) is 11.0. The highest BCUT2D eigenvalue weighted by molar-refractivity contribution is 6.22. The van der Waals surface area contributed by atoms with Crippen LogP contribution in [0, 0.1) is 0 Å². The molecule has 1 aromatic carbocycles. The fourth-order valence-corrected chi connectivity index (χ4v) is 2.24. The monoisotopic (exact) mass is 301 g/mol. The largest absolute Gasteiger partial charge is 0.453 e. The summed E-state index contributed by atoms with van der Waals surface area (Å²) in [5, 5.41) is -0.814. The zero-order valence-electron chi connectivity index (χ0n) is 10.7. The highest BCUT2D eigenvalue weighted by Crippen LogP contribution is 2.31. The number of nitrogens with one attached hydrogen (secondary N) is 1. The van der Waals surface area contributed by atoms with Crippen molar-refractivity contribution in [1.29, 1.82) is 0 Å². The number of ether oxygens (including phenoxy) is 1. The minimum atomic E-state index is -3.54. The number of rotatable bonds is 5. The molecule has 0 unspecified atom stereocenters. The van der Waals surface area contributed by atoms with Gasteiger partial charge < -0.3 is 4.74 Å². The van der Waals surface area contributed by atoms with Crippen LogP contribution in [0.5, 0.6) is 0 Å². The molecule has 0 amide bonds. The fraction of sp³-hybridized carbons (Fsp3) is 0.357. The number of carbonyl (C=O) groups excluding carboxylic acids is 1. The molecule has 0 spiro atoms. The standard InChI is InChI=1S/C14H14ClF2NO2/c1-9(10-5-3-2-4-6-10)18-13(14(15,16)17)11-7-8-12(19)20-11/h2-9,11,13,18H,1H3/t9-,11+,13+/m0/s1. The van der Waals surface area contributed by atoms with Crippen molar-refractivity contribution in [2.75, 3.05) is 0 Å². The Morgan fingerprint density at radius 1 is 1.35 bits per heavy atom. The Hall–Kier alpha value is -1.46. The molecule has 1 aromatic rings. The van der Waals surface area contributed by atoms with E-state index in [-0.39, 0.29) is 6.04 Å². The van der Waals surface area contributed by atoms with Crippen LogP contribution in [0.1, 0.15) is 18.5 Å². The van der Waals surface area contributed by atoms with Gasteiger partial charge in [0.25, 0.3) is 0 Å². The van der Waals surface area contributed by atoms with E-state index in [0.29, 0.717) is 0 Å². The van der Waals surface area contributed by atoms with E-state index in [1.165, 1.54) is 6.08 Å². The minimum Gasteiger partial charge on any atom is -0.453 e. The summed E-state index contributed by atoms with van der Waals surface area (Å²) in [6.07, 6.45) is 1.32. The van der Waals surface area contributed by atoms with E-state index in [2.05, 4.69) is 5.32 Å². The molecule has 0 fully saturated rings. The molecule has 3 nitrogen and oxygen atoms in total. The molecule has 0 bridgehead atoms. The molecule has 1 aliphatic heterocycles. The van der Waals surface area contributed by atoms with Gasteiger partial charge in [0.15, 0.2) is 0 Å². The molecule has 0 radical (unpaired) electrons. The second-order valence-electron chi connectivity index (χ2n) is 4.58. The lowest BCUT2D eigenvalue weighted by molar-refractivity contribution is -0.142. The molecule has 1 heterocycles. The zero-order chi connectivity index (χ0) is 14.8. The average Bonchev–Trinajstić information content (AvgIpc) is 2.81. The van der Waals surface area contributed by atoms with Crippen molar-refractivity contribution >= 4 is 17.6 Å². The van der Waals surface area contributed by atoms with Gasteiger partial charge >= 0.3 is 11.4 Å². The van der Waals surface area contributed by atoms with Crippen LogP contribution < -0.4 is 5.32 Å². The molecule has 0 aliphatic carbocycles. The molecule has 3 atom stereocenters. The molecule has 0 aromatic heterocycles. The van der Waals surface area contributed by atoms with E-state index in [1.807, 2.05) is 30.3 Å². The maximum atomic E-state index is 13.5. The van der Waals surface area contributed by atoms with Crippen LogP contribution in [0.25, 0.3) is 0 Å². The van der Waals surface area contributed by atoms with Gasteiger partial charge in [-0.1, -0.05) is 30.3 Å². The Morgan fingerprint density at radius 2 is 2.00 bits per heavy atom. The highest BCUT2D eigenvalue weighted by Gasteiger charge is 2.45. The van der Waals surface area contributed by atoms with Crippen molar-refractivity contribution in [3.05, 3.63) is 48.0 Å². The number of cyclic esters (lactones) is 1. The van der Waals surface area contributed by atoms with E-state index < -0.39 is 23.5 Å². The third-order valence-electron chi connectivity index (χ3n) is 3.08. The van der Waals surface area contributed by atoms with Crippen molar-refractivity contribution in [2.24, 2.45) is 0 Å². The van der Waals surface area contributed by atoms with Gasteiger partial charge in [0, 0.05) is 12.1 Å². The quantitative estimate of drug-likeness (QED) is 0.671. The molecular formula is C14H14ClF2NO2. The normalized spacial score (nSPS) is 21.6. The summed E-state index contributed by atoms with van der Waals surface area (Å²) in [6, 6.07) is 7.24. The summed E-state index contributed by atoms with van der Waals surface area (Å²) >= 11 is 5.14. The predicted molar refractivity (Wildman–Crippen MR) is 71.6 cm³/mol. The van der Waals surface area contributed by atoms with Gasteiger partial charge in [-0.3, -0.25) is 5.32 Å². The Kier molecular flexibility index (Phi) is 4.40. The predicted octanol–water partition coefficient (Wildman–Crippen LogP) is 3.02. The van der Waals surface area contributed by atoms with E-state index in [4.69, 9.17) is 16.3 Å². The maximum Gasteiger partial charge on any atom is 0.340 e. The topological polar surface area (TPSA) is 38.3 Å². The summed E-state index contributed by atoms with van der Waals surface area (Å²) in [6.45, 7) is 1.74. The van der Waals surface area contributed by atoms with Crippen LogP contribution in [0.15, 0.2) is 42.5 Å². The van der Waals surface area contributed by atoms with Gasteiger partial charge in [-0.05, 0) is 30.2 Å². The van der Waals surface area contributed by atoms with Gasteiger partial charge in [-0.2, -0.15) is 8.78 Å². The van der Waals surface area contributed by atoms with Crippen molar-refractivity contribution in [3.63, 3.8) is 0 Å². The van der Waals surface area contributed by atoms with Crippen LogP contribution in [0.3, 0.4) is 0 Å². The fourth-order valence-electron chi connectivity index (χ4n) is 2.05. The smallest absolute Gasteiger partial charge is 0.340 e. The number of hydrogen-bond donors (Lipinski definition) is 1. The molecule has 108 valence electrons. The molecule has 20 heavy (non-hydrogen) atoms. The maximum absolute atomic E-state index is 13.5. The number of carbonyl (C=O) groups is 1. The molecule has 1 aliphatic rings. The third-order valence-corrected chi connectivity index (χ3v) is 3.32. The molecule has 2 rings (SSSR count). The number of esters is 1. The number of benzene rings is 1. The Morgan fingerprint density at radius 3 is 2.50 bits per heavy atom. The first-order valence-electron chi connectivity index (χ1n) is 6.14. The van der Waals surface area contributed by atoms with Gasteiger partial charge in [0.1, 0.15) is 12.1 Å². The molecule has 0 saturated carbocycles. The Balaban J connectivity index is 2.13. The average molecular weight is 302 g/mol. The number of alkyl halides is 3.